The number of hydrogen-bond donors (Lipinski definition) is 0. The molecule has 0 fully saturated rings. The Kier molecular flexibility index (Phi) is 7.25. The molecule has 0 aliphatic heterocycles. The van der Waals surface area contributed by atoms with Crippen LogP contribution in [0.2, 0.25) is 0 Å². The molecule has 0 amide bonds. The second-order valence-corrected chi connectivity index (χ2v) is 13.7. The number of fused-ring (bicyclic) bond motifs is 4. The molecule has 0 spiro atoms. The lowest BCUT2D eigenvalue weighted by Crippen LogP contribution is -1.92. The van der Waals surface area contributed by atoms with E-state index in [0.29, 0.717) is 0 Å². The molecule has 0 aromatic heterocycles. The van der Waals surface area contributed by atoms with E-state index in [2.05, 4.69) is 206 Å². The van der Waals surface area contributed by atoms with Crippen molar-refractivity contribution < 1.29 is 0 Å². The van der Waals surface area contributed by atoms with Crippen LogP contribution >= 0.6 is 0 Å². The monoisotopic (exact) mass is 658 g/mol. The zero-order valence-electron chi connectivity index (χ0n) is 28.6. The van der Waals surface area contributed by atoms with Gasteiger partial charge in [-0.2, -0.15) is 0 Å². The third kappa shape index (κ3) is 5.16. The van der Waals surface area contributed by atoms with E-state index in [1.54, 1.807) is 0 Å². The summed E-state index contributed by atoms with van der Waals surface area (Å²) in [4.78, 5) is 0. The number of hydrogen-bond acceptors (Lipinski definition) is 0. The molecular weight excluding hydrogens is 625 g/mol. The molecule has 242 valence electrons. The summed E-state index contributed by atoms with van der Waals surface area (Å²) >= 11 is 0. The predicted molar refractivity (Wildman–Crippen MR) is 224 cm³/mol. The van der Waals surface area contributed by atoms with Crippen molar-refractivity contribution in [1.29, 1.82) is 0 Å². The van der Waals surface area contributed by atoms with Crippen LogP contribution in [0.4, 0.5) is 0 Å². The molecule has 0 saturated heterocycles. The van der Waals surface area contributed by atoms with Gasteiger partial charge in [-0.05, 0) is 117 Å². The van der Waals surface area contributed by atoms with Crippen LogP contribution in [0.25, 0.3) is 98.7 Å². The van der Waals surface area contributed by atoms with Gasteiger partial charge in [-0.3, -0.25) is 0 Å². The fraction of sp³-hybridized carbons (Fsp3) is 0. The first kappa shape index (κ1) is 30.1. The van der Waals surface area contributed by atoms with Gasteiger partial charge in [-0.1, -0.05) is 188 Å². The van der Waals surface area contributed by atoms with Crippen molar-refractivity contribution in [2.24, 2.45) is 0 Å². The highest BCUT2D eigenvalue weighted by atomic mass is 14.2. The van der Waals surface area contributed by atoms with Gasteiger partial charge in [-0.15, -0.1) is 0 Å². The Morgan fingerprint density at radius 2 is 0.615 bits per heavy atom. The summed E-state index contributed by atoms with van der Waals surface area (Å²) in [6.45, 7) is 0. The summed E-state index contributed by atoms with van der Waals surface area (Å²) in [6.07, 6.45) is 0. The van der Waals surface area contributed by atoms with Gasteiger partial charge in [0, 0.05) is 0 Å². The van der Waals surface area contributed by atoms with Crippen molar-refractivity contribution in [1.82, 2.24) is 0 Å². The summed E-state index contributed by atoms with van der Waals surface area (Å²) in [6, 6.07) is 75.6. The molecule has 10 aromatic rings. The van der Waals surface area contributed by atoms with Crippen LogP contribution < -0.4 is 0 Å². The Hall–Kier alpha value is -6.76. The molecule has 0 saturated carbocycles. The minimum Gasteiger partial charge on any atom is -0.0622 e. The largest absolute Gasteiger partial charge is 0.0622 e. The van der Waals surface area contributed by atoms with Gasteiger partial charge < -0.3 is 0 Å². The molecular formula is C52H34. The third-order valence-electron chi connectivity index (χ3n) is 10.6. The zero-order valence-corrected chi connectivity index (χ0v) is 28.6. The van der Waals surface area contributed by atoms with Gasteiger partial charge in [0.15, 0.2) is 0 Å². The molecule has 0 aliphatic carbocycles. The van der Waals surface area contributed by atoms with Gasteiger partial charge in [0.25, 0.3) is 0 Å². The minimum absolute atomic E-state index is 1.20. The quantitative estimate of drug-likeness (QED) is 0.161. The maximum atomic E-state index is 2.42. The van der Waals surface area contributed by atoms with Crippen molar-refractivity contribution in [3.05, 3.63) is 206 Å². The van der Waals surface area contributed by atoms with Crippen molar-refractivity contribution in [2.75, 3.05) is 0 Å². The van der Waals surface area contributed by atoms with Crippen LogP contribution in [0.15, 0.2) is 206 Å². The van der Waals surface area contributed by atoms with E-state index in [4.69, 9.17) is 0 Å². The average Bonchev–Trinajstić information content (AvgIpc) is 3.22. The molecule has 10 aromatic carbocycles. The first-order valence-electron chi connectivity index (χ1n) is 18.0. The Morgan fingerprint density at radius 3 is 1.21 bits per heavy atom. The molecule has 52 heavy (non-hydrogen) atoms. The summed E-state index contributed by atoms with van der Waals surface area (Å²) in [5, 5.41) is 10.1. The Morgan fingerprint density at radius 1 is 0.192 bits per heavy atom. The van der Waals surface area contributed by atoms with Crippen molar-refractivity contribution >= 4 is 43.1 Å². The highest BCUT2D eigenvalue weighted by Gasteiger charge is 2.18. The van der Waals surface area contributed by atoms with E-state index in [1.165, 1.54) is 98.7 Å². The minimum atomic E-state index is 1.20. The molecule has 0 heterocycles. The van der Waals surface area contributed by atoms with Crippen LogP contribution in [0.1, 0.15) is 0 Å². The molecule has 10 rings (SSSR count). The average molecular weight is 659 g/mol. The predicted octanol–water partition coefficient (Wildman–Crippen LogP) is 14.6. The second-order valence-electron chi connectivity index (χ2n) is 13.7. The van der Waals surface area contributed by atoms with Gasteiger partial charge in [0.2, 0.25) is 0 Å². The van der Waals surface area contributed by atoms with E-state index < -0.39 is 0 Å². The number of rotatable bonds is 5. The lowest BCUT2D eigenvalue weighted by Gasteiger charge is -2.19. The van der Waals surface area contributed by atoms with E-state index in [-0.39, 0.29) is 0 Å². The van der Waals surface area contributed by atoms with E-state index in [1.807, 2.05) is 0 Å². The summed E-state index contributed by atoms with van der Waals surface area (Å²) in [7, 11) is 0. The highest BCUT2D eigenvalue weighted by molar-refractivity contribution is 6.21. The Balaban J connectivity index is 1.19. The first-order valence-corrected chi connectivity index (χ1v) is 18.0. The zero-order chi connectivity index (χ0) is 34.4. The fourth-order valence-electron chi connectivity index (χ4n) is 8.11. The molecule has 0 N–H and O–H groups in total. The topological polar surface area (TPSA) is 0 Å². The van der Waals surface area contributed by atoms with Crippen LogP contribution in [0, 0.1) is 0 Å². The summed E-state index contributed by atoms with van der Waals surface area (Å²) in [5.74, 6) is 0. The van der Waals surface area contributed by atoms with Crippen molar-refractivity contribution in [3.8, 4) is 55.6 Å². The normalized spacial score (nSPS) is 11.5. The second kappa shape index (κ2) is 12.5. The van der Waals surface area contributed by atoms with Crippen LogP contribution in [-0.2, 0) is 0 Å². The Bertz CT molecular complexity index is 2880. The first-order chi connectivity index (χ1) is 25.8. The van der Waals surface area contributed by atoms with Crippen molar-refractivity contribution in [2.45, 2.75) is 0 Å². The van der Waals surface area contributed by atoms with E-state index in [9.17, 15) is 0 Å². The standard InChI is InChI=1S/C52H34/c1-2-14-39(15-3-1)51-46-18-8-10-20-48(46)52(49-21-11-9-19-47(49)51)44-30-31-45(43-29-25-36-13-5-7-17-41(36)33-43)50(34-44)38-26-22-37(23-27-38)42-28-24-35-12-4-6-16-40(35)32-42/h1-34H. The smallest absolute Gasteiger partial charge is 0.00261 e. The SMILES string of the molecule is c1ccc(-c2c3ccccc3c(-c3ccc(-c4ccc5ccccc5c4)c(-c4ccc(-c5ccc6ccccc6c5)cc4)c3)c3ccccc23)cc1. The lowest BCUT2D eigenvalue weighted by molar-refractivity contribution is 1.58. The van der Waals surface area contributed by atoms with Gasteiger partial charge in [0.1, 0.15) is 0 Å². The van der Waals surface area contributed by atoms with E-state index in [0.717, 1.165) is 0 Å². The van der Waals surface area contributed by atoms with Gasteiger partial charge in [-0.25, -0.2) is 0 Å². The molecule has 0 atom stereocenters. The molecule has 0 aliphatic rings. The molecule has 0 radical (unpaired) electrons. The molecule has 0 nitrogen and oxygen atoms in total. The lowest BCUT2D eigenvalue weighted by atomic mass is 9.84. The highest BCUT2D eigenvalue weighted by Crippen LogP contribution is 2.45. The van der Waals surface area contributed by atoms with Crippen LogP contribution in [-0.4, -0.2) is 0 Å². The summed E-state index contributed by atoms with van der Waals surface area (Å²) in [5.41, 5.74) is 12.3. The fourth-order valence-corrected chi connectivity index (χ4v) is 8.11. The van der Waals surface area contributed by atoms with Gasteiger partial charge >= 0.3 is 0 Å². The van der Waals surface area contributed by atoms with E-state index >= 15 is 0 Å². The molecule has 0 heteroatoms. The Labute approximate surface area is 303 Å². The molecule has 0 unspecified atom stereocenters. The number of benzene rings is 10. The van der Waals surface area contributed by atoms with Crippen LogP contribution in [0.3, 0.4) is 0 Å². The maximum Gasteiger partial charge on any atom is -0.00261 e. The van der Waals surface area contributed by atoms with Crippen LogP contribution in [0.5, 0.6) is 0 Å². The summed E-state index contributed by atoms with van der Waals surface area (Å²) < 4.78 is 0. The maximum absolute atomic E-state index is 2.42. The third-order valence-corrected chi connectivity index (χ3v) is 10.6. The van der Waals surface area contributed by atoms with Crippen molar-refractivity contribution in [3.63, 3.8) is 0 Å². The molecule has 0 bridgehead atoms. The van der Waals surface area contributed by atoms with Gasteiger partial charge in [0.05, 0.1) is 0 Å².